The van der Waals surface area contributed by atoms with Crippen LogP contribution in [0.1, 0.15) is 31.1 Å². The molecule has 2 rings (SSSR count). The third kappa shape index (κ3) is 3.77. The summed E-state index contributed by atoms with van der Waals surface area (Å²) in [5.41, 5.74) is -2.27. The van der Waals surface area contributed by atoms with Crippen molar-refractivity contribution in [3.05, 3.63) is 16.3 Å². The summed E-state index contributed by atoms with van der Waals surface area (Å²) in [7, 11) is -4.14. The molecule has 1 saturated carbocycles. The fourth-order valence-electron chi connectivity index (χ4n) is 1.87. The van der Waals surface area contributed by atoms with Crippen LogP contribution in [-0.4, -0.2) is 26.7 Å². The maximum Gasteiger partial charge on any atom is 0.407 e. The van der Waals surface area contributed by atoms with Gasteiger partial charge < -0.3 is 5.32 Å². The van der Waals surface area contributed by atoms with Gasteiger partial charge >= 0.3 is 6.18 Å². The minimum absolute atomic E-state index is 0.101. The van der Waals surface area contributed by atoms with Crippen molar-refractivity contribution in [1.82, 2.24) is 10.0 Å². The van der Waals surface area contributed by atoms with Gasteiger partial charge in [-0.15, -0.1) is 11.3 Å². The zero-order valence-corrected chi connectivity index (χ0v) is 13.1. The molecule has 4 nitrogen and oxygen atoms in total. The van der Waals surface area contributed by atoms with E-state index in [1.54, 1.807) is 0 Å². The summed E-state index contributed by atoms with van der Waals surface area (Å²) in [6.07, 6.45) is -4.01. The summed E-state index contributed by atoms with van der Waals surface area (Å²) in [5.74, 6) is 0. The minimum atomic E-state index is -4.55. The van der Waals surface area contributed by atoms with Gasteiger partial charge in [-0.1, -0.05) is 6.92 Å². The molecule has 0 saturated heterocycles. The lowest BCUT2D eigenvalue weighted by Crippen LogP contribution is -2.47. The van der Waals surface area contributed by atoms with Gasteiger partial charge in [0.25, 0.3) is 0 Å². The number of hydrogen-bond acceptors (Lipinski definition) is 4. The fourth-order valence-corrected chi connectivity index (χ4v) is 4.56. The maximum absolute atomic E-state index is 12.8. The van der Waals surface area contributed by atoms with E-state index >= 15 is 0 Å². The van der Waals surface area contributed by atoms with E-state index in [0.29, 0.717) is 6.54 Å². The largest absolute Gasteiger partial charge is 0.407 e. The molecule has 1 aliphatic rings. The Morgan fingerprint density at radius 2 is 2.05 bits per heavy atom. The number of rotatable bonds is 7. The molecule has 0 amide bonds. The predicted octanol–water partition coefficient (Wildman–Crippen LogP) is 2.62. The molecular formula is C12H17F3N2O2S2. The second-order valence-electron chi connectivity index (χ2n) is 5.11. The molecule has 0 unspecified atom stereocenters. The number of halogens is 3. The number of nitrogens with one attached hydrogen (secondary N) is 2. The van der Waals surface area contributed by atoms with E-state index in [2.05, 4.69) is 5.32 Å². The minimum Gasteiger partial charge on any atom is -0.312 e. The highest BCUT2D eigenvalue weighted by molar-refractivity contribution is 7.89. The van der Waals surface area contributed by atoms with E-state index in [-0.39, 0.29) is 17.7 Å². The summed E-state index contributed by atoms with van der Waals surface area (Å²) in [5, 5.41) is 4.49. The van der Waals surface area contributed by atoms with Crippen LogP contribution in [-0.2, 0) is 16.6 Å². The lowest BCUT2D eigenvalue weighted by atomic mass is 10.3. The van der Waals surface area contributed by atoms with Crippen LogP contribution in [0.2, 0.25) is 0 Å². The Balaban J connectivity index is 2.07. The Bertz CT molecular complexity index is 592. The quantitative estimate of drug-likeness (QED) is 0.749. The van der Waals surface area contributed by atoms with Crippen LogP contribution in [0.15, 0.2) is 16.3 Å². The summed E-state index contributed by atoms with van der Waals surface area (Å²) < 4.78 is 64.4. The highest BCUT2D eigenvalue weighted by atomic mass is 32.2. The standard InChI is InChI=1S/C12H17F3N2O2S2/c1-2-5-16-7-9-6-10(8-20-9)21(18,19)17-11(3-4-11)12(13,14)15/h6,8,16-17H,2-5,7H2,1H3. The van der Waals surface area contributed by atoms with Gasteiger partial charge in [0.1, 0.15) is 5.54 Å². The molecule has 1 fully saturated rings. The van der Waals surface area contributed by atoms with Gasteiger partial charge in [-0.3, -0.25) is 0 Å². The van der Waals surface area contributed by atoms with E-state index in [0.717, 1.165) is 17.8 Å². The molecule has 0 bridgehead atoms. The second-order valence-corrected chi connectivity index (χ2v) is 7.79. The number of thiophene rings is 1. The van der Waals surface area contributed by atoms with E-state index in [9.17, 15) is 21.6 Å². The molecule has 0 aliphatic heterocycles. The average molecular weight is 342 g/mol. The van der Waals surface area contributed by atoms with Crippen molar-refractivity contribution >= 4 is 21.4 Å². The first-order valence-corrected chi connectivity index (χ1v) is 8.95. The Morgan fingerprint density at radius 3 is 2.57 bits per heavy atom. The van der Waals surface area contributed by atoms with Crippen molar-refractivity contribution in [2.24, 2.45) is 0 Å². The van der Waals surface area contributed by atoms with Crippen molar-refractivity contribution in [3.63, 3.8) is 0 Å². The van der Waals surface area contributed by atoms with Gasteiger partial charge in [0, 0.05) is 16.8 Å². The molecular weight excluding hydrogens is 325 g/mol. The van der Waals surface area contributed by atoms with Crippen LogP contribution in [0.4, 0.5) is 13.2 Å². The van der Waals surface area contributed by atoms with Gasteiger partial charge in [0.15, 0.2) is 0 Å². The smallest absolute Gasteiger partial charge is 0.312 e. The fraction of sp³-hybridized carbons (Fsp3) is 0.667. The molecule has 1 aromatic heterocycles. The third-order valence-electron chi connectivity index (χ3n) is 3.29. The van der Waals surface area contributed by atoms with Crippen LogP contribution in [0.3, 0.4) is 0 Å². The summed E-state index contributed by atoms with van der Waals surface area (Å²) in [6, 6.07) is 1.42. The molecule has 21 heavy (non-hydrogen) atoms. The van der Waals surface area contributed by atoms with Gasteiger partial charge in [0.05, 0.1) is 4.90 Å². The average Bonchev–Trinajstić information content (AvgIpc) is 2.99. The Hall–Kier alpha value is -0.640. The summed E-state index contributed by atoms with van der Waals surface area (Å²) >= 11 is 1.22. The first-order chi connectivity index (χ1) is 9.70. The Kier molecular flexibility index (Phi) is 4.67. The molecule has 120 valence electrons. The molecule has 1 aromatic rings. The van der Waals surface area contributed by atoms with Crippen molar-refractivity contribution in [2.45, 2.75) is 49.3 Å². The molecule has 0 aromatic carbocycles. The lowest BCUT2D eigenvalue weighted by Gasteiger charge is -2.20. The molecule has 2 N–H and O–H groups in total. The van der Waals surface area contributed by atoms with Gasteiger partial charge in [0.2, 0.25) is 10.0 Å². The molecule has 0 radical (unpaired) electrons. The Labute approximate surface area is 125 Å². The highest BCUT2D eigenvalue weighted by Gasteiger charge is 2.65. The van der Waals surface area contributed by atoms with E-state index in [1.165, 1.54) is 22.8 Å². The van der Waals surface area contributed by atoms with Crippen molar-refractivity contribution in [2.75, 3.05) is 6.54 Å². The lowest BCUT2D eigenvalue weighted by molar-refractivity contribution is -0.160. The van der Waals surface area contributed by atoms with E-state index in [1.807, 2.05) is 11.6 Å². The van der Waals surface area contributed by atoms with Crippen LogP contribution in [0.25, 0.3) is 0 Å². The molecule has 1 heterocycles. The zero-order valence-electron chi connectivity index (χ0n) is 11.5. The zero-order chi connectivity index (χ0) is 15.7. The Morgan fingerprint density at radius 1 is 1.38 bits per heavy atom. The highest BCUT2D eigenvalue weighted by Crippen LogP contribution is 2.49. The first-order valence-electron chi connectivity index (χ1n) is 6.59. The van der Waals surface area contributed by atoms with E-state index < -0.39 is 21.7 Å². The second kappa shape index (κ2) is 5.86. The maximum atomic E-state index is 12.8. The van der Waals surface area contributed by atoms with Gasteiger partial charge in [-0.05, 0) is 31.9 Å². The van der Waals surface area contributed by atoms with Crippen LogP contribution < -0.4 is 10.0 Å². The number of hydrogen-bond donors (Lipinski definition) is 2. The van der Waals surface area contributed by atoms with Crippen molar-refractivity contribution < 1.29 is 21.6 Å². The third-order valence-corrected chi connectivity index (χ3v) is 5.89. The predicted molar refractivity (Wildman–Crippen MR) is 74.7 cm³/mol. The van der Waals surface area contributed by atoms with Crippen LogP contribution in [0.5, 0.6) is 0 Å². The van der Waals surface area contributed by atoms with Gasteiger partial charge in [-0.2, -0.15) is 17.9 Å². The normalized spacial score (nSPS) is 17.9. The molecule has 1 aliphatic carbocycles. The molecule has 0 atom stereocenters. The number of sulfonamides is 1. The first kappa shape index (κ1) is 16.7. The summed E-state index contributed by atoms with van der Waals surface area (Å²) in [6.45, 7) is 3.32. The van der Waals surface area contributed by atoms with Crippen molar-refractivity contribution in [1.29, 1.82) is 0 Å². The monoisotopic (exact) mass is 342 g/mol. The molecule has 0 spiro atoms. The van der Waals surface area contributed by atoms with Crippen LogP contribution >= 0.6 is 11.3 Å². The van der Waals surface area contributed by atoms with Gasteiger partial charge in [-0.25, -0.2) is 8.42 Å². The number of alkyl halides is 3. The van der Waals surface area contributed by atoms with Crippen LogP contribution in [0, 0.1) is 0 Å². The summed E-state index contributed by atoms with van der Waals surface area (Å²) in [4.78, 5) is 0.678. The molecule has 9 heteroatoms. The topological polar surface area (TPSA) is 58.2 Å². The van der Waals surface area contributed by atoms with E-state index in [4.69, 9.17) is 0 Å². The SMILES string of the molecule is CCCNCc1cc(S(=O)(=O)NC2(C(F)(F)F)CC2)cs1. The van der Waals surface area contributed by atoms with Crippen molar-refractivity contribution in [3.8, 4) is 0 Å².